The highest BCUT2D eigenvalue weighted by Crippen LogP contribution is 2.31. The van der Waals surface area contributed by atoms with E-state index in [-0.39, 0.29) is 11.2 Å². The smallest absolute Gasteiger partial charge is 0.278 e. The van der Waals surface area contributed by atoms with E-state index in [1.54, 1.807) is 30.5 Å². The zero-order chi connectivity index (χ0) is 19.8. The molecule has 1 aromatic heterocycles. The summed E-state index contributed by atoms with van der Waals surface area (Å²) >= 11 is 0. The van der Waals surface area contributed by atoms with Gasteiger partial charge in [0.15, 0.2) is 0 Å². The van der Waals surface area contributed by atoms with Crippen molar-refractivity contribution in [1.82, 2.24) is 10.0 Å². The Morgan fingerprint density at radius 3 is 2.82 bits per heavy atom. The Hall–Kier alpha value is -2.67. The Morgan fingerprint density at radius 2 is 2.11 bits per heavy atom. The summed E-state index contributed by atoms with van der Waals surface area (Å²) in [5.74, 6) is -0.342. The first kappa shape index (κ1) is 18.7. The molecule has 1 aromatic carbocycles. The van der Waals surface area contributed by atoms with Crippen LogP contribution in [0, 0.1) is 25.6 Å². The van der Waals surface area contributed by atoms with Gasteiger partial charge in [0.25, 0.3) is 11.5 Å². The van der Waals surface area contributed by atoms with E-state index in [9.17, 15) is 14.0 Å². The number of hydrogen-bond acceptors (Lipinski definition) is 4. The average Bonchev–Trinajstić information content (AvgIpc) is 3.35. The van der Waals surface area contributed by atoms with Gasteiger partial charge in [0.05, 0.1) is 23.5 Å². The first-order valence-corrected chi connectivity index (χ1v) is 9.67. The van der Waals surface area contributed by atoms with E-state index in [1.807, 2.05) is 0 Å². The Balaban J connectivity index is 1.73. The first-order chi connectivity index (χ1) is 13.5. The van der Waals surface area contributed by atoms with E-state index in [0.29, 0.717) is 48.0 Å². The fourth-order valence-electron chi connectivity index (χ4n) is 3.62. The van der Waals surface area contributed by atoms with Gasteiger partial charge in [0.1, 0.15) is 5.82 Å². The van der Waals surface area contributed by atoms with E-state index in [0.717, 1.165) is 24.8 Å². The summed E-state index contributed by atoms with van der Waals surface area (Å²) in [6.45, 7) is 4.52. The van der Waals surface area contributed by atoms with Crippen LogP contribution in [-0.2, 0) is 17.8 Å². The van der Waals surface area contributed by atoms with Gasteiger partial charge >= 0.3 is 0 Å². The second-order valence-electron chi connectivity index (χ2n) is 7.68. The number of hydroxylamine groups is 1. The quantitative estimate of drug-likeness (QED) is 0.748. The summed E-state index contributed by atoms with van der Waals surface area (Å²) in [5, 5.41) is 2.99. The number of hydrogen-bond donors (Lipinski definition) is 2. The normalized spacial score (nSPS) is 15.4. The minimum atomic E-state index is -0.434. The molecule has 0 saturated heterocycles. The lowest BCUT2D eigenvalue weighted by molar-refractivity contribution is 0.0269. The maximum Gasteiger partial charge on any atom is 0.278 e. The van der Waals surface area contributed by atoms with Gasteiger partial charge in [-0.2, -0.15) is 0 Å². The SMILES string of the molecule is Cc1ccc(Nc2c(C(=O)NOCC3CC3)c3n(c(=O)c2C)CCC3)c(F)c1. The molecule has 0 radical (unpaired) electrons. The molecule has 4 rings (SSSR count). The fraction of sp³-hybridized carbons (Fsp3) is 0.429. The largest absolute Gasteiger partial charge is 0.352 e. The lowest BCUT2D eigenvalue weighted by Gasteiger charge is -2.19. The first-order valence-electron chi connectivity index (χ1n) is 9.67. The van der Waals surface area contributed by atoms with E-state index in [4.69, 9.17) is 4.84 Å². The van der Waals surface area contributed by atoms with E-state index >= 15 is 0 Å². The van der Waals surface area contributed by atoms with Crippen LogP contribution in [-0.4, -0.2) is 17.1 Å². The molecule has 28 heavy (non-hydrogen) atoms. The molecule has 6 nitrogen and oxygen atoms in total. The molecule has 0 atom stereocenters. The molecule has 0 unspecified atom stereocenters. The fourth-order valence-corrected chi connectivity index (χ4v) is 3.62. The lowest BCUT2D eigenvalue weighted by atomic mass is 10.0. The number of carbonyl (C=O) groups is 1. The van der Waals surface area contributed by atoms with Crippen LogP contribution in [0.25, 0.3) is 0 Å². The Labute approximate surface area is 162 Å². The zero-order valence-corrected chi connectivity index (χ0v) is 16.1. The van der Waals surface area contributed by atoms with Crippen molar-refractivity contribution in [3.63, 3.8) is 0 Å². The predicted molar refractivity (Wildman–Crippen MR) is 104 cm³/mol. The van der Waals surface area contributed by atoms with Crippen LogP contribution >= 0.6 is 0 Å². The van der Waals surface area contributed by atoms with Crippen molar-refractivity contribution in [2.45, 2.75) is 46.1 Å². The van der Waals surface area contributed by atoms with Crippen LogP contribution in [0.2, 0.25) is 0 Å². The number of aromatic nitrogens is 1. The predicted octanol–water partition coefficient (Wildman–Crippen LogP) is 3.37. The zero-order valence-electron chi connectivity index (χ0n) is 16.1. The van der Waals surface area contributed by atoms with Gasteiger partial charge in [-0.3, -0.25) is 14.4 Å². The van der Waals surface area contributed by atoms with Gasteiger partial charge in [0, 0.05) is 17.8 Å². The number of rotatable bonds is 6. The molecule has 1 aliphatic heterocycles. The summed E-state index contributed by atoms with van der Waals surface area (Å²) in [7, 11) is 0. The van der Waals surface area contributed by atoms with Gasteiger partial charge in [0.2, 0.25) is 0 Å². The number of fused-ring (bicyclic) bond motifs is 1. The highest BCUT2D eigenvalue weighted by atomic mass is 19.1. The molecule has 1 saturated carbocycles. The van der Waals surface area contributed by atoms with Crippen LogP contribution in [0.4, 0.5) is 15.8 Å². The highest BCUT2D eigenvalue weighted by molar-refractivity contribution is 6.01. The molecule has 148 valence electrons. The lowest BCUT2D eigenvalue weighted by Crippen LogP contribution is -2.32. The molecule has 1 fully saturated rings. The average molecular weight is 385 g/mol. The Morgan fingerprint density at radius 1 is 1.32 bits per heavy atom. The third-order valence-corrected chi connectivity index (χ3v) is 5.39. The van der Waals surface area contributed by atoms with Crippen molar-refractivity contribution >= 4 is 17.3 Å². The minimum Gasteiger partial charge on any atom is -0.352 e. The number of nitrogens with one attached hydrogen (secondary N) is 2. The van der Waals surface area contributed by atoms with Crippen LogP contribution in [0.1, 0.15) is 46.4 Å². The minimum absolute atomic E-state index is 0.155. The third kappa shape index (κ3) is 3.54. The number of pyridine rings is 1. The van der Waals surface area contributed by atoms with E-state index in [1.165, 1.54) is 6.07 Å². The molecule has 0 spiro atoms. The molecule has 2 N–H and O–H groups in total. The van der Waals surface area contributed by atoms with E-state index in [2.05, 4.69) is 10.8 Å². The monoisotopic (exact) mass is 385 g/mol. The number of carbonyl (C=O) groups excluding carboxylic acids is 1. The molecular formula is C21H24FN3O3. The Kier molecular flexibility index (Phi) is 4.93. The topological polar surface area (TPSA) is 72.4 Å². The maximum atomic E-state index is 14.4. The van der Waals surface area contributed by atoms with Crippen molar-refractivity contribution in [3.8, 4) is 0 Å². The summed E-state index contributed by atoms with van der Waals surface area (Å²) in [6.07, 6.45) is 3.64. The second kappa shape index (κ2) is 7.39. The summed E-state index contributed by atoms with van der Waals surface area (Å²) in [6, 6.07) is 4.80. The number of halogens is 1. The molecule has 1 aliphatic carbocycles. The van der Waals surface area contributed by atoms with Gasteiger partial charge in [-0.05, 0) is 63.1 Å². The van der Waals surface area contributed by atoms with Crippen LogP contribution in [0.15, 0.2) is 23.0 Å². The van der Waals surface area contributed by atoms with Crippen LogP contribution in [0.3, 0.4) is 0 Å². The molecular weight excluding hydrogens is 361 g/mol. The highest BCUT2D eigenvalue weighted by Gasteiger charge is 2.28. The number of aryl methyl sites for hydroxylation is 1. The Bertz CT molecular complexity index is 995. The van der Waals surface area contributed by atoms with Gasteiger partial charge in [-0.1, -0.05) is 6.07 Å². The number of nitrogens with zero attached hydrogens (tertiary/aromatic N) is 1. The second-order valence-corrected chi connectivity index (χ2v) is 7.68. The summed E-state index contributed by atoms with van der Waals surface area (Å²) in [5.41, 5.74) is 5.12. The van der Waals surface area contributed by atoms with Crippen molar-refractivity contribution in [2.75, 3.05) is 11.9 Å². The number of benzene rings is 1. The van der Waals surface area contributed by atoms with E-state index < -0.39 is 11.7 Å². The molecule has 2 aliphatic rings. The van der Waals surface area contributed by atoms with Gasteiger partial charge in [-0.15, -0.1) is 0 Å². The summed E-state index contributed by atoms with van der Waals surface area (Å²) in [4.78, 5) is 31.1. The number of amides is 1. The standard InChI is InChI=1S/C21H24FN3O3/c1-12-5-8-16(15(22)10-12)23-19-13(2)21(27)25-9-3-4-17(25)18(19)20(26)24-28-11-14-6-7-14/h5,8,10,14,23H,3-4,6-7,9,11H2,1-2H3,(H,24,26). The van der Waals surface area contributed by atoms with Crippen molar-refractivity contribution in [2.24, 2.45) is 5.92 Å². The molecule has 2 aromatic rings. The number of anilines is 2. The maximum absolute atomic E-state index is 14.4. The molecule has 7 heteroatoms. The van der Waals surface area contributed by atoms with Crippen molar-refractivity contribution in [3.05, 3.63) is 56.8 Å². The molecule has 1 amide bonds. The van der Waals surface area contributed by atoms with Crippen LogP contribution < -0.4 is 16.4 Å². The van der Waals surface area contributed by atoms with Crippen LogP contribution in [0.5, 0.6) is 0 Å². The van der Waals surface area contributed by atoms with Gasteiger partial charge in [-0.25, -0.2) is 9.87 Å². The summed E-state index contributed by atoms with van der Waals surface area (Å²) < 4.78 is 16.0. The molecule has 2 heterocycles. The third-order valence-electron chi connectivity index (χ3n) is 5.39. The molecule has 0 bridgehead atoms. The van der Waals surface area contributed by atoms with Crippen molar-refractivity contribution in [1.29, 1.82) is 0 Å². The van der Waals surface area contributed by atoms with Gasteiger partial charge < -0.3 is 9.88 Å². The van der Waals surface area contributed by atoms with Crippen molar-refractivity contribution < 1.29 is 14.0 Å².